The van der Waals surface area contributed by atoms with Crippen molar-refractivity contribution in [3.8, 4) is 0 Å². The third-order valence-corrected chi connectivity index (χ3v) is 3.79. The molecule has 0 saturated heterocycles. The van der Waals surface area contributed by atoms with Crippen LogP contribution in [0.3, 0.4) is 0 Å². The summed E-state index contributed by atoms with van der Waals surface area (Å²) in [5.41, 5.74) is 9.43. The zero-order valence-corrected chi connectivity index (χ0v) is 12.1. The van der Waals surface area contributed by atoms with Crippen LogP contribution in [0.4, 0.5) is 8.78 Å². The zero-order valence-electron chi connectivity index (χ0n) is 11.4. The van der Waals surface area contributed by atoms with Crippen LogP contribution >= 0.6 is 11.6 Å². The van der Waals surface area contributed by atoms with Crippen molar-refractivity contribution in [1.82, 2.24) is 0 Å². The van der Waals surface area contributed by atoms with E-state index in [4.69, 9.17) is 17.3 Å². The van der Waals surface area contributed by atoms with Gasteiger partial charge in [-0.2, -0.15) is 0 Å². The standard InChI is InChI=1S/C16H16ClF2N/c1-9-5-13(14(17)6-10(9)2)16(20)7-11-3-4-12(18)8-15(11)19/h3-6,8,16H,7,20H2,1-2H3. The molecule has 0 aromatic heterocycles. The van der Waals surface area contributed by atoms with Crippen LogP contribution in [0.15, 0.2) is 30.3 Å². The topological polar surface area (TPSA) is 26.0 Å². The molecule has 0 amide bonds. The maximum absolute atomic E-state index is 13.6. The Labute approximate surface area is 122 Å². The summed E-state index contributed by atoms with van der Waals surface area (Å²) < 4.78 is 26.5. The summed E-state index contributed by atoms with van der Waals surface area (Å²) in [6.45, 7) is 3.94. The van der Waals surface area contributed by atoms with Crippen molar-refractivity contribution in [2.24, 2.45) is 5.73 Å². The Morgan fingerprint density at radius 2 is 1.75 bits per heavy atom. The van der Waals surface area contributed by atoms with Gasteiger partial charge in [0.25, 0.3) is 0 Å². The molecule has 0 radical (unpaired) electrons. The molecule has 0 aliphatic carbocycles. The first-order valence-corrected chi connectivity index (χ1v) is 6.72. The number of halogens is 3. The van der Waals surface area contributed by atoms with Crippen molar-refractivity contribution in [3.05, 3.63) is 69.2 Å². The van der Waals surface area contributed by atoms with Crippen LogP contribution in [-0.4, -0.2) is 0 Å². The van der Waals surface area contributed by atoms with Crippen LogP contribution in [0.2, 0.25) is 5.02 Å². The second-order valence-electron chi connectivity index (χ2n) is 5.00. The molecule has 1 unspecified atom stereocenters. The predicted octanol–water partition coefficient (Wildman–Crippen LogP) is 4.48. The fourth-order valence-electron chi connectivity index (χ4n) is 2.12. The summed E-state index contributed by atoms with van der Waals surface area (Å²) >= 11 is 6.19. The molecule has 1 atom stereocenters. The minimum absolute atomic E-state index is 0.272. The molecular weight excluding hydrogens is 280 g/mol. The van der Waals surface area contributed by atoms with E-state index >= 15 is 0 Å². The van der Waals surface area contributed by atoms with Gasteiger partial charge in [-0.05, 0) is 54.7 Å². The average molecular weight is 296 g/mol. The number of benzene rings is 2. The zero-order chi connectivity index (χ0) is 14.9. The lowest BCUT2D eigenvalue weighted by Crippen LogP contribution is -2.15. The maximum atomic E-state index is 13.6. The summed E-state index contributed by atoms with van der Waals surface area (Å²) in [5.74, 6) is -1.18. The molecule has 0 aliphatic rings. The molecule has 0 heterocycles. The van der Waals surface area contributed by atoms with Gasteiger partial charge >= 0.3 is 0 Å². The van der Waals surface area contributed by atoms with E-state index in [0.29, 0.717) is 10.6 Å². The summed E-state index contributed by atoms with van der Waals surface area (Å²) in [6.07, 6.45) is 0.272. The lowest BCUT2D eigenvalue weighted by Gasteiger charge is -2.16. The molecule has 4 heteroatoms. The first-order valence-electron chi connectivity index (χ1n) is 6.34. The van der Waals surface area contributed by atoms with Crippen molar-refractivity contribution >= 4 is 11.6 Å². The molecule has 2 aromatic rings. The fraction of sp³-hybridized carbons (Fsp3) is 0.250. The van der Waals surface area contributed by atoms with Crippen LogP contribution < -0.4 is 5.73 Å². The van der Waals surface area contributed by atoms with Crippen molar-refractivity contribution in [2.45, 2.75) is 26.3 Å². The van der Waals surface area contributed by atoms with Gasteiger partial charge < -0.3 is 5.73 Å². The highest BCUT2D eigenvalue weighted by Crippen LogP contribution is 2.28. The van der Waals surface area contributed by atoms with Gasteiger partial charge in [-0.15, -0.1) is 0 Å². The monoisotopic (exact) mass is 295 g/mol. The largest absolute Gasteiger partial charge is 0.324 e. The highest BCUT2D eigenvalue weighted by molar-refractivity contribution is 6.31. The smallest absolute Gasteiger partial charge is 0.129 e. The SMILES string of the molecule is Cc1cc(Cl)c(C(N)Cc2ccc(F)cc2F)cc1C. The van der Waals surface area contributed by atoms with Crippen LogP contribution in [0.5, 0.6) is 0 Å². The normalized spacial score (nSPS) is 12.5. The minimum atomic E-state index is -0.593. The van der Waals surface area contributed by atoms with Crippen molar-refractivity contribution in [1.29, 1.82) is 0 Å². The van der Waals surface area contributed by atoms with Gasteiger partial charge in [0.2, 0.25) is 0 Å². The molecule has 0 aliphatic heterocycles. The first-order chi connectivity index (χ1) is 9.38. The number of aryl methyl sites for hydroxylation is 2. The summed E-state index contributed by atoms with van der Waals surface area (Å²) in [4.78, 5) is 0. The average Bonchev–Trinajstić information content (AvgIpc) is 2.37. The number of hydrogen-bond donors (Lipinski definition) is 1. The first kappa shape index (κ1) is 14.9. The van der Waals surface area contributed by atoms with Crippen molar-refractivity contribution < 1.29 is 8.78 Å². The van der Waals surface area contributed by atoms with Crippen LogP contribution in [0.25, 0.3) is 0 Å². The third-order valence-electron chi connectivity index (χ3n) is 3.47. The quantitative estimate of drug-likeness (QED) is 0.888. The van der Waals surface area contributed by atoms with Crippen molar-refractivity contribution in [3.63, 3.8) is 0 Å². The molecule has 0 saturated carbocycles. The molecule has 2 rings (SSSR count). The van der Waals surface area contributed by atoms with E-state index in [-0.39, 0.29) is 6.42 Å². The Morgan fingerprint density at radius 3 is 2.40 bits per heavy atom. The number of rotatable bonds is 3. The lowest BCUT2D eigenvalue weighted by atomic mass is 9.96. The van der Waals surface area contributed by atoms with Gasteiger partial charge in [0.15, 0.2) is 0 Å². The van der Waals surface area contributed by atoms with E-state index < -0.39 is 17.7 Å². The summed E-state index contributed by atoms with van der Waals surface area (Å²) in [6, 6.07) is 6.86. The minimum Gasteiger partial charge on any atom is -0.324 e. The number of nitrogens with two attached hydrogens (primary N) is 1. The van der Waals surface area contributed by atoms with Crippen LogP contribution in [-0.2, 0) is 6.42 Å². The molecule has 2 N–H and O–H groups in total. The fourth-order valence-corrected chi connectivity index (χ4v) is 2.48. The van der Waals surface area contributed by atoms with Crippen molar-refractivity contribution in [2.75, 3.05) is 0 Å². The molecule has 0 bridgehead atoms. The van der Waals surface area contributed by atoms with E-state index in [9.17, 15) is 8.78 Å². The van der Waals surface area contributed by atoms with E-state index in [1.807, 2.05) is 26.0 Å². The van der Waals surface area contributed by atoms with Gasteiger partial charge in [0, 0.05) is 17.1 Å². The summed E-state index contributed by atoms with van der Waals surface area (Å²) in [7, 11) is 0. The van der Waals surface area contributed by atoms with E-state index in [2.05, 4.69) is 0 Å². The Hall–Kier alpha value is -1.45. The van der Waals surface area contributed by atoms with Crippen LogP contribution in [0.1, 0.15) is 28.3 Å². The van der Waals surface area contributed by atoms with E-state index in [1.54, 1.807) is 0 Å². The molecule has 0 spiro atoms. The Morgan fingerprint density at radius 1 is 1.10 bits per heavy atom. The molecule has 106 valence electrons. The predicted molar refractivity (Wildman–Crippen MR) is 77.9 cm³/mol. The maximum Gasteiger partial charge on any atom is 0.129 e. The Bertz CT molecular complexity index is 641. The summed E-state index contributed by atoms with van der Waals surface area (Å²) in [5, 5.41) is 0.572. The third kappa shape index (κ3) is 3.17. The highest BCUT2D eigenvalue weighted by Gasteiger charge is 2.15. The lowest BCUT2D eigenvalue weighted by molar-refractivity contribution is 0.563. The molecule has 2 aromatic carbocycles. The highest BCUT2D eigenvalue weighted by atomic mass is 35.5. The van der Waals surface area contributed by atoms with Gasteiger partial charge in [0.05, 0.1) is 0 Å². The molecular formula is C16H16ClF2N. The van der Waals surface area contributed by atoms with Gasteiger partial charge in [-0.3, -0.25) is 0 Å². The Balaban J connectivity index is 2.28. The van der Waals surface area contributed by atoms with Crippen LogP contribution in [0, 0.1) is 25.5 Å². The number of hydrogen-bond acceptors (Lipinski definition) is 1. The van der Waals surface area contributed by atoms with Gasteiger partial charge in [0.1, 0.15) is 11.6 Å². The molecule has 20 heavy (non-hydrogen) atoms. The molecule has 0 fully saturated rings. The van der Waals surface area contributed by atoms with Gasteiger partial charge in [-0.1, -0.05) is 23.7 Å². The Kier molecular flexibility index (Phi) is 4.41. The van der Waals surface area contributed by atoms with E-state index in [0.717, 1.165) is 22.8 Å². The molecule has 1 nitrogen and oxygen atoms in total. The van der Waals surface area contributed by atoms with Gasteiger partial charge in [-0.25, -0.2) is 8.78 Å². The second-order valence-corrected chi connectivity index (χ2v) is 5.41. The van der Waals surface area contributed by atoms with E-state index in [1.165, 1.54) is 12.1 Å². The second kappa shape index (κ2) is 5.90.